The second kappa shape index (κ2) is 11.0. The number of thioether (sulfide) groups is 1. The number of morpholine rings is 1. The summed E-state index contributed by atoms with van der Waals surface area (Å²) in [5, 5.41) is 10.2. The van der Waals surface area contributed by atoms with E-state index in [0.717, 1.165) is 19.5 Å². The number of ether oxygens (including phenoxy) is 2. The fraction of sp³-hybridized carbons (Fsp3) is 0.808. The summed E-state index contributed by atoms with van der Waals surface area (Å²) < 4.78 is 9.73. The number of amides is 2. The van der Waals surface area contributed by atoms with Gasteiger partial charge in [-0.3, -0.25) is 19.3 Å². The van der Waals surface area contributed by atoms with E-state index in [-0.39, 0.29) is 31.0 Å². The third-order valence-electron chi connectivity index (χ3n) is 8.52. The zero-order valence-electron chi connectivity index (χ0n) is 21.8. The van der Waals surface area contributed by atoms with Crippen molar-refractivity contribution in [3.8, 4) is 0 Å². The summed E-state index contributed by atoms with van der Waals surface area (Å²) in [5.41, 5.74) is 0. The average Bonchev–Trinajstić information content (AvgIpc) is 3.44. The minimum Gasteiger partial charge on any atom is -0.466 e. The Kier molecular flexibility index (Phi) is 8.38. The van der Waals surface area contributed by atoms with Gasteiger partial charge in [0.25, 0.3) is 0 Å². The molecular weight excluding hydrogens is 482 g/mol. The van der Waals surface area contributed by atoms with Crippen LogP contribution in [0.5, 0.6) is 0 Å². The van der Waals surface area contributed by atoms with Crippen LogP contribution in [-0.2, 0) is 23.9 Å². The van der Waals surface area contributed by atoms with Gasteiger partial charge in [0.15, 0.2) is 0 Å². The quantitative estimate of drug-likeness (QED) is 0.318. The van der Waals surface area contributed by atoms with Gasteiger partial charge in [0.05, 0.1) is 49.1 Å². The van der Waals surface area contributed by atoms with Crippen molar-refractivity contribution in [1.82, 2.24) is 14.7 Å². The maximum atomic E-state index is 14.4. The number of carbonyl (C=O) groups is 3. The van der Waals surface area contributed by atoms with Crippen LogP contribution in [0.4, 0.5) is 0 Å². The van der Waals surface area contributed by atoms with Crippen molar-refractivity contribution < 1.29 is 29.0 Å². The van der Waals surface area contributed by atoms with E-state index in [2.05, 4.69) is 11.5 Å². The van der Waals surface area contributed by atoms with Gasteiger partial charge in [0.2, 0.25) is 11.8 Å². The second-order valence-corrected chi connectivity index (χ2v) is 12.4. The van der Waals surface area contributed by atoms with Gasteiger partial charge in [-0.15, -0.1) is 18.3 Å². The molecule has 4 aliphatic rings. The van der Waals surface area contributed by atoms with Crippen LogP contribution in [0.15, 0.2) is 12.7 Å². The molecule has 0 aromatic rings. The predicted octanol–water partition coefficient (Wildman–Crippen LogP) is 1.15. The van der Waals surface area contributed by atoms with E-state index in [1.807, 2.05) is 13.8 Å². The van der Waals surface area contributed by atoms with Crippen LogP contribution in [0.2, 0.25) is 0 Å². The van der Waals surface area contributed by atoms with Crippen molar-refractivity contribution in [2.45, 2.75) is 61.6 Å². The molecule has 6 atom stereocenters. The minimum atomic E-state index is -0.733. The standard InChI is InChI=1S/C26H41N3O6S/c1-5-10-28(12-11-27-13-15-34-16-14-27)23(32)21-26-9-8-25(4,36-26)20(24(33)35-7-3)19(26)22(31)29(21)18(6-2)17-30/h5,18-21,30H,1,6-17H2,2-4H3/t18-,19-,20+,21?,25-,26?/m0/s1. The lowest BCUT2D eigenvalue weighted by atomic mass is 9.66. The van der Waals surface area contributed by atoms with E-state index in [1.165, 1.54) is 0 Å². The summed E-state index contributed by atoms with van der Waals surface area (Å²) >= 11 is 1.63. The summed E-state index contributed by atoms with van der Waals surface area (Å²) in [6, 6.07) is -1.21. The van der Waals surface area contributed by atoms with E-state index in [4.69, 9.17) is 9.47 Å². The predicted molar refractivity (Wildman–Crippen MR) is 137 cm³/mol. The first-order valence-electron chi connectivity index (χ1n) is 13.3. The summed E-state index contributed by atoms with van der Waals surface area (Å²) in [5.74, 6) is -1.89. The number of aliphatic hydroxyl groups excluding tert-OH is 1. The molecule has 2 amide bonds. The number of hydrogen-bond acceptors (Lipinski definition) is 8. The lowest BCUT2D eigenvalue weighted by Crippen LogP contribution is -2.58. The molecule has 1 spiro atoms. The Bertz CT molecular complexity index is 863. The van der Waals surface area contributed by atoms with Crippen LogP contribution in [0.1, 0.15) is 40.0 Å². The van der Waals surface area contributed by atoms with Gasteiger partial charge in [0.1, 0.15) is 6.04 Å². The highest BCUT2D eigenvalue weighted by atomic mass is 32.2. The highest BCUT2D eigenvalue weighted by molar-refractivity contribution is 8.02. The molecule has 4 rings (SSSR count). The van der Waals surface area contributed by atoms with Crippen molar-refractivity contribution >= 4 is 29.5 Å². The van der Waals surface area contributed by atoms with Gasteiger partial charge >= 0.3 is 5.97 Å². The van der Waals surface area contributed by atoms with Crippen LogP contribution in [0.25, 0.3) is 0 Å². The molecule has 0 radical (unpaired) electrons. The summed E-state index contributed by atoms with van der Waals surface area (Å²) in [6.07, 6.45) is 3.67. The normalized spacial score (nSPS) is 34.5. The van der Waals surface area contributed by atoms with E-state index in [0.29, 0.717) is 45.7 Å². The van der Waals surface area contributed by atoms with Crippen molar-refractivity contribution in [3.63, 3.8) is 0 Å². The van der Waals surface area contributed by atoms with E-state index in [1.54, 1.807) is 34.6 Å². The molecular formula is C26H41N3O6S. The third kappa shape index (κ3) is 4.48. The largest absolute Gasteiger partial charge is 0.466 e. The van der Waals surface area contributed by atoms with Crippen LogP contribution >= 0.6 is 11.8 Å². The zero-order chi connectivity index (χ0) is 26.1. The van der Waals surface area contributed by atoms with E-state index < -0.39 is 33.4 Å². The van der Waals surface area contributed by atoms with Crippen molar-refractivity contribution in [3.05, 3.63) is 12.7 Å². The topological polar surface area (TPSA) is 99.6 Å². The highest BCUT2D eigenvalue weighted by Gasteiger charge is 2.78. The number of rotatable bonds is 11. The molecule has 2 bridgehead atoms. The Labute approximate surface area is 218 Å². The number of nitrogens with zero attached hydrogens (tertiary/aromatic N) is 3. The van der Waals surface area contributed by atoms with Crippen molar-refractivity contribution in [2.75, 3.05) is 59.2 Å². The van der Waals surface area contributed by atoms with Gasteiger partial charge in [0, 0.05) is 37.5 Å². The second-order valence-electron chi connectivity index (χ2n) is 10.5. The number of fused-ring (bicyclic) bond motifs is 1. The lowest BCUT2D eigenvalue weighted by molar-refractivity contribution is -0.155. The third-order valence-corrected chi connectivity index (χ3v) is 10.5. The summed E-state index contributed by atoms with van der Waals surface area (Å²) in [6.45, 7) is 14.2. The van der Waals surface area contributed by atoms with Gasteiger partial charge in [-0.25, -0.2) is 0 Å². The fourth-order valence-electron chi connectivity index (χ4n) is 6.75. The SMILES string of the molecule is C=CCN(CCN1CCOCC1)C(=O)C1N([C@@H](CC)CO)C(=O)[C@@H]2[C@H](C(=O)OCC)[C@]3(C)CCC12S3. The monoisotopic (exact) mass is 523 g/mol. The van der Waals surface area contributed by atoms with Gasteiger partial charge in [-0.1, -0.05) is 13.0 Å². The first-order chi connectivity index (χ1) is 17.3. The Morgan fingerprint density at radius 1 is 1.33 bits per heavy atom. The van der Waals surface area contributed by atoms with Crippen LogP contribution in [0.3, 0.4) is 0 Å². The zero-order valence-corrected chi connectivity index (χ0v) is 22.6. The molecule has 10 heteroatoms. The lowest BCUT2D eigenvalue weighted by Gasteiger charge is -2.40. The Hall–Kier alpha value is -1.62. The molecule has 1 N–H and O–H groups in total. The Morgan fingerprint density at radius 2 is 2.06 bits per heavy atom. The highest BCUT2D eigenvalue weighted by Crippen LogP contribution is 2.71. The smallest absolute Gasteiger partial charge is 0.311 e. The molecule has 4 fully saturated rings. The first-order valence-corrected chi connectivity index (χ1v) is 14.1. The molecule has 36 heavy (non-hydrogen) atoms. The molecule has 9 nitrogen and oxygen atoms in total. The fourth-order valence-corrected chi connectivity index (χ4v) is 9.07. The Balaban J connectivity index is 1.69. The van der Waals surface area contributed by atoms with Crippen molar-refractivity contribution in [2.24, 2.45) is 11.8 Å². The molecule has 2 unspecified atom stereocenters. The summed E-state index contributed by atoms with van der Waals surface area (Å²) in [7, 11) is 0. The molecule has 0 aromatic heterocycles. The van der Waals surface area contributed by atoms with Crippen molar-refractivity contribution in [1.29, 1.82) is 0 Å². The first kappa shape index (κ1) is 27.4. The maximum Gasteiger partial charge on any atom is 0.311 e. The molecule has 202 valence electrons. The average molecular weight is 524 g/mol. The molecule has 4 heterocycles. The van der Waals surface area contributed by atoms with Gasteiger partial charge < -0.3 is 24.4 Å². The maximum absolute atomic E-state index is 14.4. The van der Waals surface area contributed by atoms with E-state index >= 15 is 0 Å². The number of carbonyl (C=O) groups excluding carboxylic acids is 3. The van der Waals surface area contributed by atoms with Crippen LogP contribution < -0.4 is 0 Å². The summed E-state index contributed by atoms with van der Waals surface area (Å²) in [4.78, 5) is 47.3. The molecule has 0 aliphatic carbocycles. The molecule has 4 aliphatic heterocycles. The number of likely N-dealkylation sites (tertiary alicyclic amines) is 1. The van der Waals surface area contributed by atoms with Gasteiger partial charge in [-0.2, -0.15) is 0 Å². The van der Waals surface area contributed by atoms with Crippen LogP contribution in [-0.4, -0.2) is 118 Å². The number of aliphatic hydroxyl groups is 1. The van der Waals surface area contributed by atoms with Crippen LogP contribution in [0, 0.1) is 11.8 Å². The minimum absolute atomic E-state index is 0.118. The number of hydrogen-bond donors (Lipinski definition) is 1. The Morgan fingerprint density at radius 3 is 2.67 bits per heavy atom. The van der Waals surface area contributed by atoms with Gasteiger partial charge in [-0.05, 0) is 33.1 Å². The number of esters is 1. The molecule has 0 aromatic carbocycles. The molecule has 4 saturated heterocycles. The van der Waals surface area contributed by atoms with E-state index in [9.17, 15) is 19.5 Å². The molecule has 0 saturated carbocycles.